The quantitative estimate of drug-likeness (QED) is 0.817. The van der Waals surface area contributed by atoms with Crippen molar-refractivity contribution in [2.24, 2.45) is 0 Å². The number of pyridine rings is 1. The third kappa shape index (κ3) is 1.84. The summed E-state index contributed by atoms with van der Waals surface area (Å²) in [6, 6.07) is 1.76. The van der Waals surface area contributed by atoms with Gasteiger partial charge in [-0.15, -0.1) is 0 Å². The van der Waals surface area contributed by atoms with Crippen molar-refractivity contribution in [1.82, 2.24) is 4.98 Å². The van der Waals surface area contributed by atoms with Crippen LogP contribution in [-0.4, -0.2) is 26.7 Å². The summed E-state index contributed by atoms with van der Waals surface area (Å²) in [5, 5.41) is 2.84. The van der Waals surface area contributed by atoms with Crippen LogP contribution >= 0.6 is 0 Å². The first-order chi connectivity index (χ1) is 7.02. The molecule has 82 valence electrons. The van der Waals surface area contributed by atoms with Gasteiger partial charge in [-0.1, -0.05) is 0 Å². The molecule has 1 heterocycles. The number of rotatable bonds is 2. The zero-order valence-corrected chi connectivity index (χ0v) is 9.69. The van der Waals surface area contributed by atoms with Crippen molar-refractivity contribution in [3.05, 3.63) is 17.3 Å². The Morgan fingerprint density at radius 1 is 1.40 bits per heavy atom. The molecule has 4 nitrogen and oxygen atoms in total. The van der Waals surface area contributed by atoms with Crippen molar-refractivity contribution < 1.29 is 8.42 Å². The average Bonchev–Trinajstić information content (AvgIpc) is 2.60. The lowest BCUT2D eigenvalue weighted by Gasteiger charge is -2.09. The molecule has 1 N–H and O–H groups in total. The van der Waals surface area contributed by atoms with Gasteiger partial charge < -0.3 is 5.32 Å². The Bertz CT molecular complexity index is 494. The van der Waals surface area contributed by atoms with Crippen LogP contribution in [0.15, 0.2) is 11.0 Å². The molecule has 0 atom stereocenters. The normalized spacial score (nSPS) is 15.1. The van der Waals surface area contributed by atoms with E-state index in [2.05, 4.69) is 10.3 Å². The molecule has 2 rings (SSSR count). The third-order valence-electron chi connectivity index (χ3n) is 2.65. The largest absolute Gasteiger partial charge is 0.372 e. The SMILES string of the molecule is CNc1nc2c(cc1S(C)(=O)=O)CCC2. The van der Waals surface area contributed by atoms with Crippen LogP contribution in [0, 0.1) is 0 Å². The molecule has 1 aromatic rings. The molecular weight excluding hydrogens is 212 g/mol. The Morgan fingerprint density at radius 3 is 2.73 bits per heavy atom. The predicted octanol–water partition coefficient (Wildman–Crippen LogP) is 1.02. The number of sulfone groups is 1. The first-order valence-electron chi connectivity index (χ1n) is 4.93. The van der Waals surface area contributed by atoms with Crippen LogP contribution < -0.4 is 5.32 Å². The fraction of sp³-hybridized carbons (Fsp3) is 0.500. The second kappa shape index (κ2) is 3.48. The van der Waals surface area contributed by atoms with E-state index in [0.29, 0.717) is 10.7 Å². The van der Waals surface area contributed by atoms with Crippen LogP contribution in [0.4, 0.5) is 5.82 Å². The molecule has 0 radical (unpaired) electrons. The van der Waals surface area contributed by atoms with Crippen LogP contribution in [0.2, 0.25) is 0 Å². The van der Waals surface area contributed by atoms with Crippen LogP contribution in [-0.2, 0) is 22.7 Å². The van der Waals surface area contributed by atoms with E-state index in [1.807, 2.05) is 0 Å². The van der Waals surface area contributed by atoms with Crippen molar-refractivity contribution in [1.29, 1.82) is 0 Å². The van der Waals surface area contributed by atoms with Gasteiger partial charge in [-0.2, -0.15) is 0 Å². The van der Waals surface area contributed by atoms with Gasteiger partial charge in [0.1, 0.15) is 10.7 Å². The highest BCUT2D eigenvalue weighted by Gasteiger charge is 2.20. The Morgan fingerprint density at radius 2 is 2.13 bits per heavy atom. The summed E-state index contributed by atoms with van der Waals surface area (Å²) >= 11 is 0. The molecule has 0 saturated heterocycles. The van der Waals surface area contributed by atoms with E-state index in [-0.39, 0.29) is 0 Å². The average molecular weight is 226 g/mol. The number of fused-ring (bicyclic) bond motifs is 1. The van der Waals surface area contributed by atoms with E-state index in [1.165, 1.54) is 6.26 Å². The van der Waals surface area contributed by atoms with Gasteiger partial charge in [-0.25, -0.2) is 13.4 Å². The number of aromatic nitrogens is 1. The predicted molar refractivity (Wildman–Crippen MR) is 58.9 cm³/mol. The fourth-order valence-electron chi connectivity index (χ4n) is 1.91. The van der Waals surface area contributed by atoms with Crippen LogP contribution in [0.25, 0.3) is 0 Å². The summed E-state index contributed by atoms with van der Waals surface area (Å²) in [5.74, 6) is 0.471. The van der Waals surface area contributed by atoms with Crippen molar-refractivity contribution in [3.63, 3.8) is 0 Å². The van der Waals surface area contributed by atoms with Gasteiger partial charge in [-0.05, 0) is 30.9 Å². The van der Waals surface area contributed by atoms with Crippen LogP contribution in [0.1, 0.15) is 17.7 Å². The van der Waals surface area contributed by atoms with E-state index >= 15 is 0 Å². The second-order valence-electron chi connectivity index (χ2n) is 3.82. The maximum atomic E-state index is 11.5. The number of aryl methyl sites for hydroxylation is 2. The van der Waals surface area contributed by atoms with Crippen LogP contribution in [0.5, 0.6) is 0 Å². The molecule has 0 aliphatic heterocycles. The maximum absolute atomic E-state index is 11.5. The highest BCUT2D eigenvalue weighted by atomic mass is 32.2. The van der Waals surface area contributed by atoms with Gasteiger partial charge in [0, 0.05) is 19.0 Å². The van der Waals surface area contributed by atoms with Crippen molar-refractivity contribution in [2.75, 3.05) is 18.6 Å². The minimum atomic E-state index is -3.19. The van der Waals surface area contributed by atoms with E-state index < -0.39 is 9.84 Å². The molecule has 0 amide bonds. The van der Waals surface area contributed by atoms with E-state index in [9.17, 15) is 8.42 Å². The minimum absolute atomic E-state index is 0.311. The Labute approximate surface area is 89.6 Å². The summed E-state index contributed by atoms with van der Waals surface area (Å²) < 4.78 is 23.1. The Hall–Kier alpha value is -1.10. The molecule has 5 heteroatoms. The zero-order valence-electron chi connectivity index (χ0n) is 8.87. The number of anilines is 1. The van der Waals surface area contributed by atoms with E-state index in [4.69, 9.17) is 0 Å². The second-order valence-corrected chi connectivity index (χ2v) is 5.80. The first kappa shape index (κ1) is 10.4. The van der Waals surface area contributed by atoms with E-state index in [0.717, 1.165) is 30.5 Å². The lowest BCUT2D eigenvalue weighted by atomic mass is 10.2. The molecule has 1 aliphatic rings. The molecule has 1 aromatic heterocycles. The number of nitrogens with zero attached hydrogens (tertiary/aromatic N) is 1. The molecule has 0 unspecified atom stereocenters. The zero-order chi connectivity index (χ0) is 11.1. The minimum Gasteiger partial charge on any atom is -0.372 e. The Kier molecular flexibility index (Phi) is 2.42. The standard InChI is InChI=1S/C10H14N2O2S/c1-11-10-9(15(2,13)14)6-7-4-3-5-8(7)12-10/h6H,3-5H2,1-2H3,(H,11,12). The summed E-state index contributed by atoms with van der Waals surface area (Å²) in [5.41, 5.74) is 2.11. The van der Waals surface area contributed by atoms with Gasteiger partial charge in [0.15, 0.2) is 9.84 Å². The first-order valence-corrected chi connectivity index (χ1v) is 6.82. The lowest BCUT2D eigenvalue weighted by Crippen LogP contribution is -2.07. The molecule has 0 fully saturated rings. The molecule has 0 saturated carbocycles. The Balaban J connectivity index is 2.64. The van der Waals surface area contributed by atoms with Gasteiger partial charge in [-0.3, -0.25) is 0 Å². The molecule has 0 spiro atoms. The molecule has 15 heavy (non-hydrogen) atoms. The van der Waals surface area contributed by atoms with Gasteiger partial charge in [0.05, 0.1) is 0 Å². The van der Waals surface area contributed by atoms with Gasteiger partial charge >= 0.3 is 0 Å². The monoisotopic (exact) mass is 226 g/mol. The van der Waals surface area contributed by atoms with Gasteiger partial charge in [0.2, 0.25) is 0 Å². The summed E-state index contributed by atoms with van der Waals surface area (Å²) in [4.78, 5) is 4.66. The van der Waals surface area contributed by atoms with E-state index in [1.54, 1.807) is 13.1 Å². The van der Waals surface area contributed by atoms with Crippen molar-refractivity contribution in [3.8, 4) is 0 Å². The van der Waals surface area contributed by atoms with Crippen molar-refractivity contribution >= 4 is 15.7 Å². The lowest BCUT2D eigenvalue weighted by molar-refractivity contribution is 0.601. The number of nitrogens with one attached hydrogen (secondary N) is 1. The highest BCUT2D eigenvalue weighted by molar-refractivity contribution is 7.90. The van der Waals surface area contributed by atoms with Gasteiger partial charge in [0.25, 0.3) is 0 Å². The molecular formula is C10H14N2O2S. The number of hydrogen-bond donors (Lipinski definition) is 1. The topological polar surface area (TPSA) is 59.1 Å². The van der Waals surface area contributed by atoms with Crippen LogP contribution in [0.3, 0.4) is 0 Å². The molecule has 1 aliphatic carbocycles. The number of hydrogen-bond acceptors (Lipinski definition) is 4. The van der Waals surface area contributed by atoms with Crippen molar-refractivity contribution in [2.45, 2.75) is 24.2 Å². The highest BCUT2D eigenvalue weighted by Crippen LogP contribution is 2.27. The third-order valence-corrected chi connectivity index (χ3v) is 3.76. The summed E-state index contributed by atoms with van der Waals surface area (Å²) in [7, 11) is -1.50. The summed E-state index contributed by atoms with van der Waals surface area (Å²) in [6.07, 6.45) is 4.17. The molecule has 0 bridgehead atoms. The maximum Gasteiger partial charge on any atom is 0.179 e. The summed E-state index contributed by atoms with van der Waals surface area (Å²) in [6.45, 7) is 0. The fourth-order valence-corrected chi connectivity index (χ4v) is 2.77. The molecule has 0 aromatic carbocycles. The smallest absolute Gasteiger partial charge is 0.179 e.